The Labute approximate surface area is 120 Å². The summed E-state index contributed by atoms with van der Waals surface area (Å²) in [5, 5.41) is 7.55. The van der Waals surface area contributed by atoms with Gasteiger partial charge in [0.25, 0.3) is 10.7 Å². The van der Waals surface area contributed by atoms with Crippen molar-refractivity contribution in [2.45, 2.75) is 6.67 Å². The van der Waals surface area contributed by atoms with Gasteiger partial charge in [0.1, 0.15) is 0 Å². The summed E-state index contributed by atoms with van der Waals surface area (Å²) >= 11 is 5.17. The van der Waals surface area contributed by atoms with E-state index < -0.39 is 0 Å². The van der Waals surface area contributed by atoms with E-state index >= 15 is 0 Å². The van der Waals surface area contributed by atoms with E-state index in [-0.39, 0.29) is 0 Å². The maximum Gasteiger partial charge on any atom is 0.290 e. The smallest absolute Gasteiger partial charge is 0.290 e. The summed E-state index contributed by atoms with van der Waals surface area (Å²) in [6, 6.07) is 15.5. The molecule has 0 saturated heterocycles. The van der Waals surface area contributed by atoms with E-state index in [0.717, 1.165) is 11.4 Å². The molecule has 3 rings (SSSR count). The third kappa shape index (κ3) is 2.75. The van der Waals surface area contributed by atoms with Crippen molar-refractivity contribution >= 4 is 18.0 Å². The van der Waals surface area contributed by atoms with E-state index in [1.54, 1.807) is 4.68 Å². The van der Waals surface area contributed by atoms with Crippen molar-refractivity contribution in [1.29, 1.82) is 0 Å². The first-order valence-electron chi connectivity index (χ1n) is 6.17. The second-order valence-corrected chi connectivity index (χ2v) is 4.50. The number of anilines is 1. The molecule has 0 unspecified atom stereocenters. The monoisotopic (exact) mass is 285 g/mol. The van der Waals surface area contributed by atoms with Crippen LogP contribution in [0.5, 0.6) is 0 Å². The highest BCUT2D eigenvalue weighted by Gasteiger charge is 2.09. The molecular weight excluding hydrogens is 272 g/mol. The second-order valence-electron chi connectivity index (χ2n) is 4.15. The van der Waals surface area contributed by atoms with Gasteiger partial charge in [-0.05, 0) is 30.4 Å². The topological polar surface area (TPSA) is 57.1 Å². The fourth-order valence-corrected chi connectivity index (χ4v) is 1.95. The van der Waals surface area contributed by atoms with Crippen LogP contribution in [0.15, 0.2) is 59.1 Å². The highest BCUT2D eigenvalue weighted by molar-refractivity contribution is 7.71. The average molecular weight is 285 g/mol. The molecule has 6 heteroatoms. The molecule has 0 saturated carbocycles. The third-order valence-corrected chi connectivity index (χ3v) is 3.05. The SMILES string of the molecule is S=c1oc(-c2ccccc2)nn1CNc1cccc[nH+]1. The van der Waals surface area contributed by atoms with Crippen LogP contribution in [-0.2, 0) is 6.67 Å². The summed E-state index contributed by atoms with van der Waals surface area (Å²) in [6.07, 6.45) is 1.85. The summed E-state index contributed by atoms with van der Waals surface area (Å²) < 4.78 is 7.12. The van der Waals surface area contributed by atoms with Gasteiger partial charge in [-0.15, -0.1) is 5.10 Å². The number of benzene rings is 1. The molecule has 5 nitrogen and oxygen atoms in total. The maximum atomic E-state index is 5.51. The van der Waals surface area contributed by atoms with Crippen LogP contribution in [-0.4, -0.2) is 9.78 Å². The van der Waals surface area contributed by atoms with Gasteiger partial charge in [-0.1, -0.05) is 24.3 Å². The minimum Gasteiger partial charge on any atom is -0.409 e. The van der Waals surface area contributed by atoms with Crippen molar-refractivity contribution in [2.24, 2.45) is 0 Å². The highest BCUT2D eigenvalue weighted by Crippen LogP contribution is 2.16. The third-order valence-electron chi connectivity index (χ3n) is 2.76. The average Bonchev–Trinajstić information content (AvgIpc) is 2.88. The minimum atomic E-state index is 0.340. The molecule has 0 radical (unpaired) electrons. The van der Waals surface area contributed by atoms with Crippen LogP contribution < -0.4 is 10.3 Å². The predicted molar refractivity (Wildman–Crippen MR) is 77.4 cm³/mol. The molecule has 0 aliphatic rings. The molecule has 0 amide bonds. The van der Waals surface area contributed by atoms with Gasteiger partial charge in [0.2, 0.25) is 5.89 Å². The molecule has 0 aliphatic heterocycles. The number of nitrogens with one attached hydrogen (secondary N) is 2. The zero-order valence-corrected chi connectivity index (χ0v) is 11.4. The lowest BCUT2D eigenvalue weighted by Gasteiger charge is -1.97. The summed E-state index contributed by atoms with van der Waals surface area (Å²) in [5.41, 5.74) is 0.906. The lowest BCUT2D eigenvalue weighted by molar-refractivity contribution is -0.361. The van der Waals surface area contributed by atoms with Gasteiger partial charge in [0, 0.05) is 11.6 Å². The van der Waals surface area contributed by atoms with E-state index in [4.69, 9.17) is 16.6 Å². The van der Waals surface area contributed by atoms with Crippen LogP contribution in [0.25, 0.3) is 11.5 Å². The first-order valence-corrected chi connectivity index (χ1v) is 6.58. The minimum absolute atomic E-state index is 0.340. The molecule has 2 aromatic heterocycles. The number of pyridine rings is 1. The van der Waals surface area contributed by atoms with Gasteiger partial charge in [0.15, 0.2) is 6.67 Å². The van der Waals surface area contributed by atoms with Crippen molar-refractivity contribution < 1.29 is 9.40 Å². The van der Waals surface area contributed by atoms with E-state index in [9.17, 15) is 0 Å². The van der Waals surface area contributed by atoms with Gasteiger partial charge in [-0.25, -0.2) is 4.98 Å². The molecule has 0 aliphatic carbocycles. The Morgan fingerprint density at radius 3 is 2.70 bits per heavy atom. The van der Waals surface area contributed by atoms with Crippen LogP contribution >= 0.6 is 12.2 Å². The Balaban J connectivity index is 1.78. The van der Waals surface area contributed by atoms with Crippen molar-refractivity contribution in [3.63, 3.8) is 0 Å². The maximum absolute atomic E-state index is 5.51. The zero-order valence-electron chi connectivity index (χ0n) is 10.6. The molecule has 0 bridgehead atoms. The summed E-state index contributed by atoms with van der Waals surface area (Å²) in [7, 11) is 0. The molecule has 3 aromatic rings. The summed E-state index contributed by atoms with van der Waals surface area (Å²) in [4.78, 5) is 3.42. The van der Waals surface area contributed by atoms with Crippen LogP contribution in [0, 0.1) is 4.84 Å². The molecule has 2 N–H and O–H groups in total. The molecule has 1 aromatic carbocycles. The summed E-state index contributed by atoms with van der Waals surface area (Å²) in [5.74, 6) is 1.41. The van der Waals surface area contributed by atoms with Crippen LogP contribution in [0.3, 0.4) is 0 Å². The lowest BCUT2D eigenvalue weighted by Crippen LogP contribution is -2.16. The number of hydrogen-bond donors (Lipinski definition) is 1. The number of hydrogen-bond acceptors (Lipinski definition) is 4. The molecular formula is C14H13N4OS+. The van der Waals surface area contributed by atoms with Gasteiger partial charge in [0.05, 0.1) is 6.20 Å². The molecule has 2 heterocycles. The zero-order chi connectivity index (χ0) is 13.8. The largest absolute Gasteiger partial charge is 0.409 e. The number of H-pyrrole nitrogens is 1. The highest BCUT2D eigenvalue weighted by atomic mass is 32.1. The van der Waals surface area contributed by atoms with Crippen LogP contribution in [0.1, 0.15) is 0 Å². The van der Waals surface area contributed by atoms with E-state index in [1.165, 1.54) is 0 Å². The Bertz CT molecular complexity index is 737. The first-order chi connectivity index (χ1) is 9.83. The number of nitrogens with zero attached hydrogens (tertiary/aromatic N) is 2. The summed E-state index contributed by atoms with van der Waals surface area (Å²) in [6.45, 7) is 0.440. The normalized spacial score (nSPS) is 10.4. The number of aromatic nitrogens is 3. The van der Waals surface area contributed by atoms with Gasteiger partial charge in [-0.2, -0.15) is 4.68 Å². The molecule has 100 valence electrons. The van der Waals surface area contributed by atoms with Gasteiger partial charge in [-0.3, -0.25) is 5.32 Å². The fourth-order valence-electron chi connectivity index (χ4n) is 1.77. The van der Waals surface area contributed by atoms with Crippen LogP contribution in [0.2, 0.25) is 0 Å². The number of rotatable bonds is 4. The number of aromatic amines is 1. The molecule has 0 fully saturated rings. The second kappa shape index (κ2) is 5.66. The standard InChI is InChI=1S/C14H12N4OS/c20-14-18(10-16-12-8-4-5-9-15-12)17-13(19-14)11-6-2-1-3-7-11/h1-9H,10H2,(H,15,16)/p+1. The van der Waals surface area contributed by atoms with Crippen LogP contribution in [0.4, 0.5) is 5.82 Å². The Hall–Kier alpha value is -2.47. The Morgan fingerprint density at radius 1 is 1.15 bits per heavy atom. The lowest BCUT2D eigenvalue weighted by atomic mass is 10.2. The van der Waals surface area contributed by atoms with Gasteiger partial charge < -0.3 is 4.42 Å². The van der Waals surface area contributed by atoms with E-state index in [1.807, 2.05) is 54.7 Å². The molecule has 0 atom stereocenters. The Morgan fingerprint density at radius 2 is 1.95 bits per heavy atom. The quantitative estimate of drug-likeness (QED) is 0.749. The molecule has 20 heavy (non-hydrogen) atoms. The molecule has 0 spiro atoms. The van der Waals surface area contributed by atoms with Crippen molar-refractivity contribution in [3.8, 4) is 11.5 Å². The van der Waals surface area contributed by atoms with Crippen molar-refractivity contribution in [2.75, 3.05) is 5.32 Å². The van der Waals surface area contributed by atoms with E-state index in [2.05, 4.69) is 15.4 Å². The first kappa shape index (κ1) is 12.6. The van der Waals surface area contributed by atoms with Crippen molar-refractivity contribution in [3.05, 3.63) is 59.6 Å². The fraction of sp³-hybridized carbons (Fsp3) is 0.0714. The Kier molecular flexibility index (Phi) is 3.56. The van der Waals surface area contributed by atoms with E-state index in [0.29, 0.717) is 17.4 Å². The predicted octanol–water partition coefficient (Wildman–Crippen LogP) is 2.76. The van der Waals surface area contributed by atoms with Crippen molar-refractivity contribution in [1.82, 2.24) is 9.78 Å². The van der Waals surface area contributed by atoms with Gasteiger partial charge >= 0.3 is 0 Å².